The predicted octanol–water partition coefficient (Wildman–Crippen LogP) is 2.30. The molecule has 1 atom stereocenters. The van der Waals surface area contributed by atoms with Crippen molar-refractivity contribution in [3.63, 3.8) is 0 Å². The monoisotopic (exact) mass is 247 g/mol. The number of nitrogens with zero attached hydrogens (tertiary/aromatic N) is 1. The number of halogens is 2. The molecule has 1 aliphatic carbocycles. The van der Waals surface area contributed by atoms with E-state index in [1.54, 1.807) is 7.05 Å². The highest BCUT2D eigenvalue weighted by Gasteiger charge is 2.39. The van der Waals surface area contributed by atoms with Crippen molar-refractivity contribution in [2.24, 2.45) is 0 Å². The van der Waals surface area contributed by atoms with Gasteiger partial charge in [-0.3, -0.25) is 0 Å². The van der Waals surface area contributed by atoms with E-state index in [9.17, 15) is 9.18 Å². The van der Waals surface area contributed by atoms with Crippen molar-refractivity contribution in [2.75, 3.05) is 7.05 Å². The predicted molar refractivity (Wildman–Crippen MR) is 47.8 cm³/mol. The molecule has 1 unspecified atom stereocenters. The quantitative estimate of drug-likeness (QED) is 0.658. The fraction of sp³-hybridized carbons (Fsp3) is 0.375. The van der Waals surface area contributed by atoms with Crippen LogP contribution in [-0.4, -0.2) is 24.1 Å². The van der Waals surface area contributed by atoms with E-state index in [2.05, 4.69) is 15.9 Å². The Hall–Kier alpha value is -0.840. The van der Waals surface area contributed by atoms with Crippen LogP contribution in [0.1, 0.15) is 6.42 Å². The first-order valence-electron chi connectivity index (χ1n) is 3.81. The van der Waals surface area contributed by atoms with Crippen molar-refractivity contribution in [3.05, 3.63) is 22.1 Å². The van der Waals surface area contributed by atoms with Gasteiger partial charge in [0.1, 0.15) is 11.6 Å². The summed E-state index contributed by atoms with van der Waals surface area (Å²) in [6.07, 6.45) is 1.48. The van der Waals surface area contributed by atoms with Crippen molar-refractivity contribution in [1.29, 1.82) is 0 Å². The largest absolute Gasteiger partial charge is 0.415 e. The SMILES string of the molecule is CN1C(=O)OC2=C(Br)C(F)=CCC21. The standard InChI is InChI=1S/C8H7BrFNO2/c1-11-5-3-2-4(10)6(9)7(5)13-8(11)12/h2,5H,3H2,1H3. The number of ether oxygens (including phenoxy) is 1. The number of hydrogen-bond donors (Lipinski definition) is 0. The first kappa shape index (κ1) is 8.74. The van der Waals surface area contributed by atoms with Gasteiger partial charge in [-0.2, -0.15) is 0 Å². The average molecular weight is 248 g/mol. The summed E-state index contributed by atoms with van der Waals surface area (Å²) in [5.41, 5.74) is 0. The van der Waals surface area contributed by atoms with Crippen LogP contribution in [0.15, 0.2) is 22.1 Å². The summed E-state index contributed by atoms with van der Waals surface area (Å²) >= 11 is 3.05. The molecular formula is C8H7BrFNO2. The third-order valence-electron chi connectivity index (χ3n) is 2.20. The maximum absolute atomic E-state index is 13.0. The lowest BCUT2D eigenvalue weighted by Gasteiger charge is -2.18. The molecule has 1 amide bonds. The fourth-order valence-electron chi connectivity index (χ4n) is 1.42. The molecule has 1 aliphatic heterocycles. The van der Waals surface area contributed by atoms with E-state index < -0.39 is 6.09 Å². The molecule has 0 bridgehead atoms. The van der Waals surface area contributed by atoms with Crippen LogP contribution < -0.4 is 0 Å². The molecule has 70 valence electrons. The zero-order valence-corrected chi connectivity index (χ0v) is 8.47. The number of carbonyl (C=O) groups excluding carboxylic acids is 1. The van der Waals surface area contributed by atoms with Gasteiger partial charge in [0, 0.05) is 7.05 Å². The molecule has 1 heterocycles. The Bertz CT molecular complexity index is 337. The van der Waals surface area contributed by atoms with Gasteiger partial charge in [-0.15, -0.1) is 0 Å². The Balaban J connectivity index is 2.41. The molecule has 2 rings (SSSR count). The molecule has 1 saturated heterocycles. The minimum absolute atomic E-state index is 0.152. The zero-order valence-electron chi connectivity index (χ0n) is 6.88. The van der Waals surface area contributed by atoms with Crippen LogP contribution in [0.3, 0.4) is 0 Å². The van der Waals surface area contributed by atoms with E-state index in [-0.39, 0.29) is 16.4 Å². The maximum Gasteiger partial charge on any atom is 0.415 e. The third kappa shape index (κ3) is 1.18. The summed E-state index contributed by atoms with van der Waals surface area (Å²) in [5, 5.41) is 0. The molecule has 1 fully saturated rings. The zero-order chi connectivity index (χ0) is 9.59. The molecule has 13 heavy (non-hydrogen) atoms. The van der Waals surface area contributed by atoms with Gasteiger partial charge < -0.3 is 9.64 Å². The van der Waals surface area contributed by atoms with E-state index in [4.69, 9.17) is 4.74 Å². The number of carbonyl (C=O) groups is 1. The smallest absolute Gasteiger partial charge is 0.411 e. The second-order valence-electron chi connectivity index (χ2n) is 2.96. The first-order valence-corrected chi connectivity index (χ1v) is 4.61. The van der Waals surface area contributed by atoms with Crippen LogP contribution in [0, 0.1) is 0 Å². The Labute approximate surface area is 83.0 Å². The summed E-state index contributed by atoms with van der Waals surface area (Å²) in [6, 6.07) is -0.152. The van der Waals surface area contributed by atoms with Crippen LogP contribution in [0.25, 0.3) is 0 Å². The summed E-state index contributed by atoms with van der Waals surface area (Å²) in [6.45, 7) is 0. The number of rotatable bonds is 0. The van der Waals surface area contributed by atoms with Gasteiger partial charge in [0.25, 0.3) is 0 Å². The minimum atomic E-state index is -0.431. The van der Waals surface area contributed by atoms with E-state index in [1.165, 1.54) is 11.0 Å². The minimum Gasteiger partial charge on any atom is -0.411 e. The van der Waals surface area contributed by atoms with Gasteiger partial charge in [0.15, 0.2) is 0 Å². The first-order chi connectivity index (χ1) is 6.11. The van der Waals surface area contributed by atoms with Crippen LogP contribution in [-0.2, 0) is 4.74 Å². The molecular weight excluding hydrogens is 241 g/mol. The summed E-state index contributed by atoms with van der Waals surface area (Å²) in [7, 11) is 1.64. The Morgan fingerprint density at radius 3 is 3.15 bits per heavy atom. The number of amides is 1. The highest BCUT2D eigenvalue weighted by atomic mass is 79.9. The van der Waals surface area contributed by atoms with Gasteiger partial charge in [0.2, 0.25) is 0 Å². The topological polar surface area (TPSA) is 29.5 Å². The lowest BCUT2D eigenvalue weighted by molar-refractivity contribution is 0.173. The highest BCUT2D eigenvalue weighted by molar-refractivity contribution is 9.12. The van der Waals surface area contributed by atoms with Crippen LogP contribution >= 0.6 is 15.9 Å². The normalized spacial score (nSPS) is 27.3. The third-order valence-corrected chi connectivity index (χ3v) is 2.97. The lowest BCUT2D eigenvalue weighted by atomic mass is 10.1. The molecule has 0 radical (unpaired) electrons. The van der Waals surface area contributed by atoms with Gasteiger partial charge in [0.05, 0.1) is 10.5 Å². The second kappa shape index (κ2) is 2.83. The van der Waals surface area contributed by atoms with Gasteiger partial charge in [-0.1, -0.05) is 0 Å². The molecule has 0 spiro atoms. The van der Waals surface area contributed by atoms with Crippen LogP contribution in [0.2, 0.25) is 0 Å². The summed E-state index contributed by atoms with van der Waals surface area (Å²) in [4.78, 5) is 12.6. The van der Waals surface area contributed by atoms with Crippen molar-refractivity contribution in [1.82, 2.24) is 4.90 Å². The van der Waals surface area contributed by atoms with E-state index in [0.29, 0.717) is 12.2 Å². The molecule has 5 heteroatoms. The molecule has 0 saturated carbocycles. The molecule has 0 N–H and O–H groups in total. The molecule has 0 aromatic heterocycles. The summed E-state index contributed by atoms with van der Waals surface area (Å²) < 4.78 is 18.2. The van der Waals surface area contributed by atoms with Crippen molar-refractivity contribution >= 4 is 22.0 Å². The van der Waals surface area contributed by atoms with Crippen LogP contribution in [0.4, 0.5) is 9.18 Å². The van der Waals surface area contributed by atoms with Crippen molar-refractivity contribution in [2.45, 2.75) is 12.5 Å². The number of fused-ring (bicyclic) bond motifs is 1. The van der Waals surface area contributed by atoms with Crippen molar-refractivity contribution < 1.29 is 13.9 Å². The Morgan fingerprint density at radius 1 is 1.77 bits per heavy atom. The lowest BCUT2D eigenvalue weighted by Crippen LogP contribution is -2.29. The molecule has 3 nitrogen and oxygen atoms in total. The molecule has 0 aromatic carbocycles. The van der Waals surface area contributed by atoms with Gasteiger partial charge in [-0.05, 0) is 28.4 Å². The highest BCUT2D eigenvalue weighted by Crippen LogP contribution is 2.37. The second-order valence-corrected chi connectivity index (χ2v) is 3.75. The summed E-state index contributed by atoms with van der Waals surface area (Å²) in [5.74, 6) is 0.0156. The Morgan fingerprint density at radius 2 is 2.46 bits per heavy atom. The number of hydrogen-bond acceptors (Lipinski definition) is 2. The van der Waals surface area contributed by atoms with Gasteiger partial charge >= 0.3 is 6.09 Å². The van der Waals surface area contributed by atoms with Gasteiger partial charge in [-0.25, -0.2) is 9.18 Å². The van der Waals surface area contributed by atoms with E-state index in [0.717, 1.165) is 0 Å². The van der Waals surface area contributed by atoms with E-state index >= 15 is 0 Å². The van der Waals surface area contributed by atoms with E-state index in [1.807, 2.05) is 0 Å². The van der Waals surface area contributed by atoms with Crippen LogP contribution in [0.5, 0.6) is 0 Å². The molecule has 2 aliphatic rings. The maximum atomic E-state index is 13.0. The fourth-order valence-corrected chi connectivity index (χ4v) is 1.92. The Kier molecular flexibility index (Phi) is 1.91. The molecule has 0 aromatic rings. The average Bonchev–Trinajstić information content (AvgIpc) is 2.38. The van der Waals surface area contributed by atoms with Crippen molar-refractivity contribution in [3.8, 4) is 0 Å². The number of likely N-dealkylation sites (N-methyl/N-ethyl adjacent to an activating group) is 1. The number of allylic oxidation sites excluding steroid dienone is 2.